The number of urea groups is 1. The zero-order chi connectivity index (χ0) is 19.3. The van der Waals surface area contributed by atoms with Crippen LogP contribution in [0, 0.1) is 23.6 Å². The van der Waals surface area contributed by atoms with Gasteiger partial charge in [0.25, 0.3) is 0 Å². The molecule has 0 radical (unpaired) electrons. The molecule has 2 amide bonds. The van der Waals surface area contributed by atoms with Gasteiger partial charge in [0.1, 0.15) is 0 Å². The van der Waals surface area contributed by atoms with Crippen molar-refractivity contribution in [3.05, 3.63) is 52.7 Å². The van der Waals surface area contributed by atoms with Crippen LogP contribution in [0.3, 0.4) is 0 Å². The minimum absolute atomic E-state index is 0.00124. The number of halogens is 2. The van der Waals surface area contributed by atoms with Gasteiger partial charge in [0.15, 0.2) is 11.6 Å². The Morgan fingerprint density at radius 3 is 2.57 bits per heavy atom. The molecule has 1 aliphatic carbocycles. The highest BCUT2D eigenvalue weighted by Gasteiger charge is 2.55. The fourth-order valence-corrected chi connectivity index (χ4v) is 4.87. The number of rotatable bonds is 4. The highest BCUT2D eigenvalue weighted by atomic mass is 35.5. The third kappa shape index (κ3) is 3.17. The second kappa shape index (κ2) is 6.88. The molecule has 3 aliphatic rings. The van der Waals surface area contributed by atoms with E-state index in [2.05, 4.69) is 27.4 Å². The predicted molar refractivity (Wildman–Crippen MR) is 103 cm³/mol. The fourth-order valence-electron chi connectivity index (χ4n) is 4.74. The zero-order valence-corrected chi connectivity index (χ0v) is 16.1. The molecular weight excluding hydrogens is 381 g/mol. The number of amides is 2. The number of fused-ring (bicyclic) bond motifs is 2. The number of benzene rings is 1. The third-order valence-corrected chi connectivity index (χ3v) is 6.43. The molecule has 2 fully saturated rings. The van der Waals surface area contributed by atoms with Crippen molar-refractivity contribution < 1.29 is 9.18 Å². The van der Waals surface area contributed by atoms with Crippen LogP contribution in [0.2, 0.25) is 5.28 Å². The summed E-state index contributed by atoms with van der Waals surface area (Å²) in [4.78, 5) is 23.9. The molecule has 1 saturated heterocycles. The first-order chi connectivity index (χ1) is 13.6. The molecular formula is C20H21ClFN5O. The standard InChI is InChI=1S/C20H21ClFN5O/c21-19-24-7-17(22)18(25-19)26-10-15-14(16(15)11-26)5-6-23-20(28)27-8-12-3-1-2-4-13(12)9-27/h1-4,7,14-16H,5-6,8-11H2,(H,23,28)/t14-,15+,16-. The van der Waals surface area contributed by atoms with Crippen molar-refractivity contribution in [2.24, 2.45) is 17.8 Å². The Morgan fingerprint density at radius 2 is 1.89 bits per heavy atom. The van der Waals surface area contributed by atoms with Crippen molar-refractivity contribution in [2.45, 2.75) is 19.5 Å². The molecule has 1 aromatic carbocycles. The minimum atomic E-state index is -0.430. The lowest BCUT2D eigenvalue weighted by Crippen LogP contribution is -2.37. The van der Waals surface area contributed by atoms with E-state index in [-0.39, 0.29) is 11.3 Å². The Hall–Kier alpha value is -2.41. The van der Waals surface area contributed by atoms with E-state index in [1.165, 1.54) is 11.1 Å². The van der Waals surface area contributed by atoms with Gasteiger partial charge in [0.05, 0.1) is 6.20 Å². The summed E-state index contributed by atoms with van der Waals surface area (Å²) in [6.07, 6.45) is 2.08. The van der Waals surface area contributed by atoms with Gasteiger partial charge in [-0.1, -0.05) is 24.3 Å². The molecule has 5 rings (SSSR count). The molecule has 6 nitrogen and oxygen atoms in total. The zero-order valence-electron chi connectivity index (χ0n) is 15.3. The summed E-state index contributed by atoms with van der Waals surface area (Å²) in [5.41, 5.74) is 2.46. The van der Waals surface area contributed by atoms with E-state index in [4.69, 9.17) is 11.6 Å². The maximum atomic E-state index is 13.9. The first kappa shape index (κ1) is 17.7. The van der Waals surface area contributed by atoms with Crippen LogP contribution in [0.25, 0.3) is 0 Å². The monoisotopic (exact) mass is 401 g/mol. The molecule has 0 unspecified atom stereocenters. The lowest BCUT2D eigenvalue weighted by molar-refractivity contribution is 0.198. The summed E-state index contributed by atoms with van der Waals surface area (Å²) in [5.74, 6) is 1.55. The van der Waals surface area contributed by atoms with E-state index in [1.807, 2.05) is 21.9 Å². The molecule has 28 heavy (non-hydrogen) atoms. The first-order valence-corrected chi connectivity index (χ1v) is 10.0. The van der Waals surface area contributed by atoms with Gasteiger partial charge in [-0.15, -0.1) is 0 Å². The topological polar surface area (TPSA) is 61.4 Å². The highest BCUT2D eigenvalue weighted by Crippen LogP contribution is 2.54. The average molecular weight is 402 g/mol. The van der Waals surface area contributed by atoms with E-state index in [0.29, 0.717) is 43.2 Å². The van der Waals surface area contributed by atoms with Crippen LogP contribution in [-0.2, 0) is 13.1 Å². The summed E-state index contributed by atoms with van der Waals surface area (Å²) in [7, 11) is 0. The quantitative estimate of drug-likeness (QED) is 0.800. The number of nitrogens with one attached hydrogen (secondary N) is 1. The lowest BCUT2D eigenvalue weighted by Gasteiger charge is -2.21. The maximum absolute atomic E-state index is 13.9. The number of aromatic nitrogens is 2. The van der Waals surface area contributed by atoms with Crippen LogP contribution in [0.1, 0.15) is 17.5 Å². The van der Waals surface area contributed by atoms with Crippen molar-refractivity contribution >= 4 is 23.4 Å². The number of carbonyl (C=O) groups excluding carboxylic acids is 1. The third-order valence-electron chi connectivity index (χ3n) is 6.25. The van der Waals surface area contributed by atoms with Crippen LogP contribution in [0.4, 0.5) is 15.0 Å². The van der Waals surface area contributed by atoms with E-state index >= 15 is 0 Å². The molecule has 146 valence electrons. The number of hydrogen-bond donors (Lipinski definition) is 1. The first-order valence-electron chi connectivity index (χ1n) is 9.62. The summed E-state index contributed by atoms with van der Waals surface area (Å²) < 4.78 is 13.9. The molecule has 0 bridgehead atoms. The molecule has 2 aromatic rings. The van der Waals surface area contributed by atoms with Crippen molar-refractivity contribution in [1.82, 2.24) is 20.2 Å². The van der Waals surface area contributed by atoms with E-state index in [0.717, 1.165) is 25.7 Å². The largest absolute Gasteiger partial charge is 0.353 e. The Bertz CT molecular complexity index is 888. The molecule has 3 heterocycles. The SMILES string of the molecule is O=C(NCC[C@H]1[C@H]2CN(c3nc(Cl)ncc3F)C[C@@H]12)N1Cc2ccccc2C1. The number of carbonyl (C=O) groups is 1. The maximum Gasteiger partial charge on any atom is 0.318 e. The average Bonchev–Trinajstić information content (AvgIpc) is 3.05. The normalized spacial score (nSPS) is 24.9. The van der Waals surface area contributed by atoms with Gasteiger partial charge in [-0.25, -0.2) is 14.2 Å². The molecule has 0 spiro atoms. The summed E-state index contributed by atoms with van der Waals surface area (Å²) in [6.45, 7) is 3.61. The Labute approximate surface area is 167 Å². The molecule has 2 aliphatic heterocycles. The van der Waals surface area contributed by atoms with Gasteiger partial charge in [-0.2, -0.15) is 4.98 Å². The Morgan fingerprint density at radius 1 is 1.21 bits per heavy atom. The second-order valence-electron chi connectivity index (χ2n) is 7.85. The van der Waals surface area contributed by atoms with Gasteiger partial charge in [0.2, 0.25) is 5.28 Å². The number of hydrogen-bond acceptors (Lipinski definition) is 4. The van der Waals surface area contributed by atoms with Crippen molar-refractivity contribution in [2.75, 3.05) is 24.5 Å². The van der Waals surface area contributed by atoms with Crippen molar-refractivity contribution in [3.8, 4) is 0 Å². The molecule has 1 aromatic heterocycles. The molecule has 8 heteroatoms. The van der Waals surface area contributed by atoms with Crippen LogP contribution >= 0.6 is 11.6 Å². The smallest absolute Gasteiger partial charge is 0.318 e. The van der Waals surface area contributed by atoms with E-state index < -0.39 is 5.82 Å². The van der Waals surface area contributed by atoms with E-state index in [9.17, 15) is 9.18 Å². The molecule has 1 N–H and O–H groups in total. The van der Waals surface area contributed by atoms with Crippen molar-refractivity contribution in [3.63, 3.8) is 0 Å². The Balaban J connectivity index is 1.07. The van der Waals surface area contributed by atoms with Gasteiger partial charge in [-0.3, -0.25) is 0 Å². The minimum Gasteiger partial charge on any atom is -0.353 e. The summed E-state index contributed by atoms with van der Waals surface area (Å²) in [5, 5.41) is 3.12. The van der Waals surface area contributed by atoms with Crippen LogP contribution in [-0.4, -0.2) is 40.5 Å². The van der Waals surface area contributed by atoms with Crippen molar-refractivity contribution in [1.29, 1.82) is 0 Å². The molecule has 1 saturated carbocycles. The summed E-state index contributed by atoms with van der Waals surface area (Å²) >= 11 is 5.79. The lowest BCUT2D eigenvalue weighted by atomic mass is 10.1. The van der Waals surface area contributed by atoms with Gasteiger partial charge in [0, 0.05) is 32.7 Å². The van der Waals surface area contributed by atoms with Crippen LogP contribution < -0.4 is 10.2 Å². The van der Waals surface area contributed by atoms with Gasteiger partial charge < -0.3 is 15.1 Å². The van der Waals surface area contributed by atoms with Gasteiger partial charge in [-0.05, 0) is 46.9 Å². The summed E-state index contributed by atoms with van der Waals surface area (Å²) in [6, 6.07) is 8.18. The Kier molecular flexibility index (Phi) is 4.34. The van der Waals surface area contributed by atoms with Crippen LogP contribution in [0.5, 0.6) is 0 Å². The number of piperidine rings is 1. The predicted octanol–water partition coefficient (Wildman–Crippen LogP) is 3.07. The second-order valence-corrected chi connectivity index (χ2v) is 8.19. The molecule has 3 atom stereocenters. The number of anilines is 1. The van der Waals surface area contributed by atoms with Gasteiger partial charge >= 0.3 is 6.03 Å². The van der Waals surface area contributed by atoms with Crippen LogP contribution in [0.15, 0.2) is 30.5 Å². The van der Waals surface area contributed by atoms with E-state index in [1.54, 1.807) is 0 Å². The highest BCUT2D eigenvalue weighted by molar-refractivity contribution is 6.28. The number of nitrogens with zero attached hydrogens (tertiary/aromatic N) is 4. The fraction of sp³-hybridized carbons (Fsp3) is 0.450.